The molecule has 3 N–H and O–H groups in total. The second-order valence-electron chi connectivity index (χ2n) is 5.52. The lowest BCUT2D eigenvalue weighted by Gasteiger charge is -2.11. The van der Waals surface area contributed by atoms with Crippen LogP contribution in [0.25, 0.3) is 10.2 Å². The average Bonchev–Trinajstić information content (AvgIpc) is 3.17. The fraction of sp³-hybridized carbons (Fsp3) is 0.353. The van der Waals surface area contributed by atoms with Gasteiger partial charge in [0.25, 0.3) is 0 Å². The Morgan fingerprint density at radius 3 is 2.58 bits per heavy atom. The van der Waals surface area contributed by atoms with Crippen molar-refractivity contribution in [3.05, 3.63) is 39.8 Å². The van der Waals surface area contributed by atoms with Crippen molar-refractivity contribution in [2.45, 2.75) is 20.4 Å². The standard InChI is InChI=1S/C17H22N6S2.HI/c1-11-12(2)24-15(22-11)10-21-16(18-3)19-8-9-20-17-23-13-6-4-5-7-14(13)25-17;/h4-7H,8-10H2,1-3H3,(H,20,23)(H2,18,19,21);1H. The Morgan fingerprint density at radius 1 is 1.08 bits per heavy atom. The third-order valence-corrected chi connectivity index (χ3v) is 5.76. The summed E-state index contributed by atoms with van der Waals surface area (Å²) in [5.74, 6) is 0.775. The molecule has 0 amide bonds. The molecule has 0 atom stereocenters. The minimum Gasteiger partial charge on any atom is -0.360 e. The molecule has 0 saturated carbocycles. The molecular weight excluding hydrogens is 479 g/mol. The zero-order chi connectivity index (χ0) is 17.6. The van der Waals surface area contributed by atoms with Crippen molar-refractivity contribution in [3.8, 4) is 0 Å². The molecule has 0 radical (unpaired) electrons. The van der Waals surface area contributed by atoms with Gasteiger partial charge >= 0.3 is 0 Å². The monoisotopic (exact) mass is 502 g/mol. The topological polar surface area (TPSA) is 74.2 Å². The fourth-order valence-electron chi connectivity index (χ4n) is 2.29. The lowest BCUT2D eigenvalue weighted by molar-refractivity contribution is 0.807. The Bertz CT molecular complexity index is 821. The average molecular weight is 502 g/mol. The Hall–Kier alpha value is -1.46. The Kier molecular flexibility index (Phi) is 8.04. The van der Waals surface area contributed by atoms with E-state index in [2.05, 4.69) is 43.9 Å². The molecule has 9 heteroatoms. The van der Waals surface area contributed by atoms with Crippen LogP contribution >= 0.6 is 46.7 Å². The first-order valence-corrected chi connectivity index (χ1v) is 9.76. The number of para-hydroxylation sites is 1. The largest absolute Gasteiger partial charge is 0.360 e. The van der Waals surface area contributed by atoms with Gasteiger partial charge in [0.05, 0.1) is 22.5 Å². The zero-order valence-electron chi connectivity index (χ0n) is 15.0. The molecule has 2 heterocycles. The molecule has 26 heavy (non-hydrogen) atoms. The van der Waals surface area contributed by atoms with Crippen LogP contribution in [0.15, 0.2) is 29.3 Å². The number of aryl methyl sites for hydroxylation is 2. The van der Waals surface area contributed by atoms with Gasteiger partial charge in [-0.2, -0.15) is 0 Å². The number of aromatic nitrogens is 2. The van der Waals surface area contributed by atoms with Crippen molar-refractivity contribution in [2.24, 2.45) is 4.99 Å². The van der Waals surface area contributed by atoms with Gasteiger partial charge in [-0.15, -0.1) is 35.3 Å². The van der Waals surface area contributed by atoms with Gasteiger partial charge in [-0.05, 0) is 26.0 Å². The summed E-state index contributed by atoms with van der Waals surface area (Å²) in [4.78, 5) is 14.6. The molecule has 1 aromatic carbocycles. The maximum Gasteiger partial charge on any atom is 0.191 e. The summed E-state index contributed by atoms with van der Waals surface area (Å²) in [6.07, 6.45) is 0. The van der Waals surface area contributed by atoms with Crippen LogP contribution in [0, 0.1) is 13.8 Å². The van der Waals surface area contributed by atoms with Gasteiger partial charge < -0.3 is 16.0 Å². The molecule has 0 fully saturated rings. The SMILES string of the molecule is CN=C(NCCNc1nc2ccccc2s1)NCc1nc(C)c(C)s1.I. The quantitative estimate of drug-likeness (QED) is 0.207. The number of benzene rings is 1. The number of aliphatic imine (C=N–C) groups is 1. The lowest BCUT2D eigenvalue weighted by Crippen LogP contribution is -2.39. The molecule has 0 aliphatic heterocycles. The van der Waals surface area contributed by atoms with Crippen molar-refractivity contribution in [1.82, 2.24) is 20.6 Å². The summed E-state index contributed by atoms with van der Waals surface area (Å²) in [5.41, 5.74) is 2.14. The van der Waals surface area contributed by atoms with Crippen LogP contribution in [0.1, 0.15) is 15.6 Å². The van der Waals surface area contributed by atoms with E-state index in [0.29, 0.717) is 6.54 Å². The highest BCUT2D eigenvalue weighted by molar-refractivity contribution is 14.0. The lowest BCUT2D eigenvalue weighted by atomic mass is 10.3. The maximum absolute atomic E-state index is 4.56. The number of fused-ring (bicyclic) bond motifs is 1. The Balaban J connectivity index is 0.00000243. The van der Waals surface area contributed by atoms with Gasteiger partial charge in [0.2, 0.25) is 0 Å². The van der Waals surface area contributed by atoms with Gasteiger partial charge in [0.1, 0.15) is 5.01 Å². The number of thiazole rings is 2. The smallest absolute Gasteiger partial charge is 0.191 e. The zero-order valence-corrected chi connectivity index (χ0v) is 19.0. The third kappa shape index (κ3) is 5.52. The van der Waals surface area contributed by atoms with E-state index in [-0.39, 0.29) is 24.0 Å². The van der Waals surface area contributed by atoms with Crippen LogP contribution in [-0.2, 0) is 6.54 Å². The summed E-state index contributed by atoms with van der Waals surface area (Å²) in [6, 6.07) is 8.16. The van der Waals surface area contributed by atoms with Gasteiger partial charge in [-0.1, -0.05) is 23.5 Å². The van der Waals surface area contributed by atoms with Crippen molar-refractivity contribution in [2.75, 3.05) is 25.5 Å². The van der Waals surface area contributed by atoms with E-state index in [9.17, 15) is 0 Å². The van der Waals surface area contributed by atoms with E-state index in [4.69, 9.17) is 0 Å². The van der Waals surface area contributed by atoms with Gasteiger partial charge in [-0.25, -0.2) is 9.97 Å². The maximum atomic E-state index is 4.56. The number of rotatable bonds is 6. The van der Waals surface area contributed by atoms with E-state index in [1.54, 1.807) is 29.7 Å². The van der Waals surface area contributed by atoms with Crippen LogP contribution in [-0.4, -0.2) is 36.1 Å². The predicted molar refractivity (Wildman–Crippen MR) is 123 cm³/mol. The molecule has 0 unspecified atom stereocenters. The van der Waals surface area contributed by atoms with Crippen molar-refractivity contribution in [3.63, 3.8) is 0 Å². The minimum atomic E-state index is 0. The molecule has 140 valence electrons. The van der Waals surface area contributed by atoms with Crippen molar-refractivity contribution in [1.29, 1.82) is 0 Å². The first-order valence-electron chi connectivity index (χ1n) is 8.12. The molecule has 6 nitrogen and oxygen atoms in total. The molecule has 0 saturated heterocycles. The van der Waals surface area contributed by atoms with Gasteiger partial charge in [0, 0.05) is 25.0 Å². The second-order valence-corrected chi connectivity index (χ2v) is 7.83. The Labute approximate surface area is 178 Å². The van der Waals surface area contributed by atoms with Crippen molar-refractivity contribution < 1.29 is 0 Å². The first-order chi connectivity index (χ1) is 12.2. The molecule has 3 aromatic rings. The number of guanidine groups is 1. The number of nitrogens with zero attached hydrogens (tertiary/aromatic N) is 3. The number of nitrogens with one attached hydrogen (secondary N) is 3. The highest BCUT2D eigenvalue weighted by Gasteiger charge is 2.05. The number of halogens is 1. The number of anilines is 1. The van der Waals surface area contributed by atoms with Crippen LogP contribution in [0.5, 0.6) is 0 Å². The molecular formula is C17H23IN6S2. The highest BCUT2D eigenvalue weighted by Crippen LogP contribution is 2.24. The Morgan fingerprint density at radius 2 is 1.88 bits per heavy atom. The van der Waals surface area contributed by atoms with E-state index in [1.165, 1.54) is 9.58 Å². The normalized spacial score (nSPS) is 11.3. The molecule has 3 rings (SSSR count). The van der Waals surface area contributed by atoms with E-state index < -0.39 is 0 Å². The van der Waals surface area contributed by atoms with Crippen LogP contribution < -0.4 is 16.0 Å². The van der Waals surface area contributed by atoms with E-state index in [1.807, 2.05) is 25.1 Å². The molecule has 0 bridgehead atoms. The molecule has 0 spiro atoms. The van der Waals surface area contributed by atoms with E-state index >= 15 is 0 Å². The third-order valence-electron chi connectivity index (χ3n) is 3.69. The van der Waals surface area contributed by atoms with Crippen LogP contribution in [0.2, 0.25) is 0 Å². The van der Waals surface area contributed by atoms with Crippen molar-refractivity contribution >= 4 is 68.0 Å². The van der Waals surface area contributed by atoms with Crippen LogP contribution in [0.3, 0.4) is 0 Å². The molecule has 0 aliphatic carbocycles. The first kappa shape index (κ1) is 20.8. The van der Waals surface area contributed by atoms with Gasteiger partial charge in [0.15, 0.2) is 11.1 Å². The summed E-state index contributed by atoms with van der Waals surface area (Å²) in [7, 11) is 1.77. The fourth-order valence-corrected chi connectivity index (χ4v) is 4.06. The summed E-state index contributed by atoms with van der Waals surface area (Å²) >= 11 is 3.39. The minimum absolute atomic E-state index is 0. The summed E-state index contributed by atoms with van der Waals surface area (Å²) in [5, 5.41) is 12.0. The number of hydrogen-bond donors (Lipinski definition) is 3. The molecule has 0 aliphatic rings. The summed E-state index contributed by atoms with van der Waals surface area (Å²) in [6.45, 7) is 6.35. The van der Waals surface area contributed by atoms with Crippen LogP contribution in [0.4, 0.5) is 5.13 Å². The highest BCUT2D eigenvalue weighted by atomic mass is 127. The van der Waals surface area contributed by atoms with Gasteiger partial charge in [-0.3, -0.25) is 4.99 Å². The predicted octanol–water partition coefficient (Wildman–Crippen LogP) is 3.76. The molecule has 2 aromatic heterocycles. The number of hydrogen-bond acceptors (Lipinski definition) is 6. The van der Waals surface area contributed by atoms with E-state index in [0.717, 1.165) is 40.4 Å². The summed E-state index contributed by atoms with van der Waals surface area (Å²) < 4.78 is 1.20. The second kappa shape index (κ2) is 10.0.